The maximum atomic E-state index is 12.7. The highest BCUT2D eigenvalue weighted by atomic mass is 16.5. The molecule has 0 amide bonds. The number of Topliss-reactive ketones (excluding diaryl/α,β-unsaturated/α-hetero) is 1. The van der Waals surface area contributed by atoms with Crippen LogP contribution in [0.25, 0.3) is 5.69 Å². The largest absolute Gasteiger partial charge is 0.497 e. The first-order valence-electron chi connectivity index (χ1n) is 9.98. The molecule has 0 radical (unpaired) electrons. The predicted molar refractivity (Wildman–Crippen MR) is 117 cm³/mol. The summed E-state index contributed by atoms with van der Waals surface area (Å²) in [6.07, 6.45) is 0.238. The maximum absolute atomic E-state index is 12.7. The number of carbonyl (C=O) groups excluding carboxylic acids is 2. The third-order valence-corrected chi connectivity index (χ3v) is 5.27. The second-order valence-electron chi connectivity index (χ2n) is 7.42. The van der Waals surface area contributed by atoms with Crippen molar-refractivity contribution in [2.75, 3.05) is 13.7 Å². The standard InChI is InChI=1S/C25H27NO4/c1-17(20-8-6-5-7-9-20)14-25(28)30-16-24(27)23-15-18(2)26(19(23)3)21-10-12-22(29-4)13-11-21/h5-13,15,17H,14,16H2,1-4H3/t17-/m0/s1. The molecule has 0 saturated carbocycles. The number of esters is 1. The number of aryl methyl sites for hydroxylation is 1. The Morgan fingerprint density at radius 3 is 2.30 bits per heavy atom. The lowest BCUT2D eigenvalue weighted by atomic mass is 9.98. The number of carbonyl (C=O) groups is 2. The molecule has 0 bridgehead atoms. The monoisotopic (exact) mass is 405 g/mol. The van der Waals surface area contributed by atoms with Gasteiger partial charge in [0.05, 0.1) is 13.5 Å². The molecule has 0 aliphatic rings. The van der Waals surface area contributed by atoms with Crippen molar-refractivity contribution in [3.05, 3.63) is 83.2 Å². The Morgan fingerprint density at radius 1 is 1.00 bits per heavy atom. The smallest absolute Gasteiger partial charge is 0.306 e. The van der Waals surface area contributed by atoms with Gasteiger partial charge in [0, 0.05) is 22.6 Å². The van der Waals surface area contributed by atoms with Gasteiger partial charge in [-0.25, -0.2) is 0 Å². The molecule has 0 spiro atoms. The van der Waals surface area contributed by atoms with Crippen molar-refractivity contribution >= 4 is 11.8 Å². The molecule has 156 valence electrons. The molecule has 5 heteroatoms. The molecule has 3 aromatic rings. The molecule has 1 aromatic heterocycles. The Hall–Kier alpha value is -3.34. The van der Waals surface area contributed by atoms with Crippen LogP contribution in [0.3, 0.4) is 0 Å². The van der Waals surface area contributed by atoms with Crippen molar-refractivity contribution in [3.8, 4) is 11.4 Å². The van der Waals surface area contributed by atoms with Crippen molar-refractivity contribution in [2.24, 2.45) is 0 Å². The molecule has 3 rings (SSSR count). The summed E-state index contributed by atoms with van der Waals surface area (Å²) >= 11 is 0. The van der Waals surface area contributed by atoms with Gasteiger partial charge in [0.15, 0.2) is 6.61 Å². The lowest BCUT2D eigenvalue weighted by molar-refractivity contribution is -0.142. The van der Waals surface area contributed by atoms with Gasteiger partial charge in [0.2, 0.25) is 5.78 Å². The van der Waals surface area contributed by atoms with E-state index >= 15 is 0 Å². The van der Waals surface area contributed by atoms with Gasteiger partial charge in [-0.2, -0.15) is 0 Å². The summed E-state index contributed by atoms with van der Waals surface area (Å²) < 4.78 is 12.5. The van der Waals surface area contributed by atoms with E-state index in [1.54, 1.807) is 7.11 Å². The second kappa shape index (κ2) is 9.44. The highest BCUT2D eigenvalue weighted by Crippen LogP contribution is 2.23. The summed E-state index contributed by atoms with van der Waals surface area (Å²) in [6, 6.07) is 19.3. The SMILES string of the molecule is COc1ccc(-n2c(C)cc(C(=O)COC(=O)C[C@H](C)c3ccccc3)c2C)cc1. The van der Waals surface area contributed by atoms with Gasteiger partial charge in [-0.3, -0.25) is 9.59 Å². The van der Waals surface area contributed by atoms with Crippen LogP contribution in [0, 0.1) is 13.8 Å². The Bertz CT molecular complexity index is 1020. The lowest BCUT2D eigenvalue weighted by Crippen LogP contribution is -2.16. The van der Waals surface area contributed by atoms with Crippen molar-refractivity contribution in [2.45, 2.75) is 33.1 Å². The number of nitrogens with zero attached hydrogens (tertiary/aromatic N) is 1. The fraction of sp³-hybridized carbons (Fsp3) is 0.280. The molecular weight excluding hydrogens is 378 g/mol. The van der Waals surface area contributed by atoms with Gasteiger partial charge < -0.3 is 14.0 Å². The minimum absolute atomic E-state index is 0.0361. The molecule has 2 aromatic carbocycles. The number of benzene rings is 2. The van der Waals surface area contributed by atoms with Crippen LogP contribution in [0.1, 0.15) is 46.6 Å². The number of rotatable bonds is 8. The topological polar surface area (TPSA) is 57.5 Å². The third-order valence-electron chi connectivity index (χ3n) is 5.27. The van der Waals surface area contributed by atoms with E-state index in [4.69, 9.17) is 9.47 Å². The first kappa shape index (κ1) is 21.4. The lowest BCUT2D eigenvalue weighted by Gasteiger charge is -2.12. The number of hydrogen-bond donors (Lipinski definition) is 0. The quantitative estimate of drug-likeness (QED) is 0.390. The summed E-state index contributed by atoms with van der Waals surface area (Å²) in [4.78, 5) is 24.9. The third kappa shape index (κ3) is 4.79. The predicted octanol–water partition coefficient (Wildman–Crippen LogP) is 5.02. The van der Waals surface area contributed by atoms with E-state index < -0.39 is 0 Å². The first-order chi connectivity index (χ1) is 14.4. The molecular formula is C25H27NO4. The van der Waals surface area contributed by atoms with E-state index in [0.717, 1.165) is 28.4 Å². The minimum Gasteiger partial charge on any atom is -0.497 e. The van der Waals surface area contributed by atoms with E-state index in [2.05, 4.69) is 0 Å². The van der Waals surface area contributed by atoms with Gasteiger partial charge in [-0.15, -0.1) is 0 Å². The molecule has 5 nitrogen and oxygen atoms in total. The zero-order valence-corrected chi connectivity index (χ0v) is 17.8. The Morgan fingerprint density at radius 2 is 1.67 bits per heavy atom. The molecule has 30 heavy (non-hydrogen) atoms. The average Bonchev–Trinajstić information content (AvgIpc) is 3.06. The van der Waals surface area contributed by atoms with Crippen molar-refractivity contribution < 1.29 is 19.1 Å². The summed E-state index contributed by atoms with van der Waals surface area (Å²) in [5.41, 5.74) is 4.33. The molecule has 0 saturated heterocycles. The summed E-state index contributed by atoms with van der Waals surface area (Å²) in [6.45, 7) is 5.56. The number of hydrogen-bond acceptors (Lipinski definition) is 4. The van der Waals surface area contributed by atoms with Crippen molar-refractivity contribution in [1.82, 2.24) is 4.57 Å². The van der Waals surface area contributed by atoms with Crippen LogP contribution in [0.4, 0.5) is 0 Å². The highest BCUT2D eigenvalue weighted by Gasteiger charge is 2.19. The summed E-state index contributed by atoms with van der Waals surface area (Å²) in [5.74, 6) is 0.232. The summed E-state index contributed by atoms with van der Waals surface area (Å²) in [7, 11) is 1.62. The van der Waals surface area contributed by atoms with E-state index in [1.165, 1.54) is 0 Å². The zero-order valence-electron chi connectivity index (χ0n) is 17.8. The van der Waals surface area contributed by atoms with E-state index in [0.29, 0.717) is 5.56 Å². The van der Waals surface area contributed by atoms with Crippen molar-refractivity contribution in [1.29, 1.82) is 0 Å². The fourth-order valence-electron chi connectivity index (χ4n) is 3.61. The Labute approximate surface area is 177 Å². The normalized spacial score (nSPS) is 11.7. The summed E-state index contributed by atoms with van der Waals surface area (Å²) in [5, 5.41) is 0. The van der Waals surface area contributed by atoms with E-state index in [1.807, 2.05) is 86.0 Å². The number of ether oxygens (including phenoxy) is 2. The molecule has 0 aliphatic carbocycles. The fourth-order valence-corrected chi connectivity index (χ4v) is 3.61. The first-order valence-corrected chi connectivity index (χ1v) is 9.98. The molecule has 1 heterocycles. The van der Waals surface area contributed by atoms with Crippen LogP contribution < -0.4 is 4.74 Å². The Balaban J connectivity index is 1.65. The van der Waals surface area contributed by atoms with Crippen LogP contribution in [0.2, 0.25) is 0 Å². The van der Waals surface area contributed by atoms with E-state index in [9.17, 15) is 9.59 Å². The number of aromatic nitrogens is 1. The van der Waals surface area contributed by atoms with Crippen LogP contribution in [-0.2, 0) is 9.53 Å². The van der Waals surface area contributed by atoms with Crippen LogP contribution in [0.15, 0.2) is 60.7 Å². The molecule has 1 atom stereocenters. The van der Waals surface area contributed by atoms with Crippen LogP contribution >= 0.6 is 0 Å². The van der Waals surface area contributed by atoms with Gasteiger partial charge in [-0.05, 0) is 55.7 Å². The van der Waals surface area contributed by atoms with Crippen molar-refractivity contribution in [3.63, 3.8) is 0 Å². The number of methoxy groups -OCH3 is 1. The molecule has 0 aliphatic heterocycles. The number of ketones is 1. The van der Waals surface area contributed by atoms with Gasteiger partial charge >= 0.3 is 5.97 Å². The molecule has 0 unspecified atom stereocenters. The second-order valence-corrected chi connectivity index (χ2v) is 7.42. The van der Waals surface area contributed by atoms with Gasteiger partial charge in [0.25, 0.3) is 0 Å². The van der Waals surface area contributed by atoms with Gasteiger partial charge in [-0.1, -0.05) is 37.3 Å². The maximum Gasteiger partial charge on any atom is 0.306 e. The molecule has 0 fully saturated rings. The zero-order chi connectivity index (χ0) is 21.7. The van der Waals surface area contributed by atoms with Crippen LogP contribution in [-0.4, -0.2) is 30.0 Å². The molecule has 0 N–H and O–H groups in total. The van der Waals surface area contributed by atoms with E-state index in [-0.39, 0.29) is 30.7 Å². The minimum atomic E-state index is -0.372. The Kier molecular flexibility index (Phi) is 6.72. The van der Waals surface area contributed by atoms with Crippen LogP contribution in [0.5, 0.6) is 5.75 Å². The van der Waals surface area contributed by atoms with Gasteiger partial charge in [0.1, 0.15) is 5.75 Å². The highest BCUT2D eigenvalue weighted by molar-refractivity contribution is 5.99. The average molecular weight is 405 g/mol.